The summed E-state index contributed by atoms with van der Waals surface area (Å²) < 4.78 is 28.1. The second-order valence-electron chi connectivity index (χ2n) is 7.38. The molecule has 1 heterocycles. The Bertz CT molecular complexity index is 1100. The van der Waals surface area contributed by atoms with Crippen LogP contribution < -0.4 is 0 Å². The molecule has 158 valence electrons. The van der Waals surface area contributed by atoms with Crippen LogP contribution in [0.5, 0.6) is 0 Å². The van der Waals surface area contributed by atoms with Gasteiger partial charge in [-0.3, -0.25) is 0 Å². The van der Waals surface area contributed by atoms with Crippen LogP contribution in [0.2, 0.25) is 0 Å². The summed E-state index contributed by atoms with van der Waals surface area (Å²) in [6.45, 7) is 3.31. The topological polar surface area (TPSA) is 91.6 Å². The maximum Gasteiger partial charge on any atom is 0.243 e. The Morgan fingerprint density at radius 1 is 0.933 bits per heavy atom. The Morgan fingerprint density at radius 3 is 2.20 bits per heavy atom. The van der Waals surface area contributed by atoms with Crippen LogP contribution in [0.25, 0.3) is 0 Å². The van der Waals surface area contributed by atoms with Gasteiger partial charge in [0.15, 0.2) is 0 Å². The molecule has 0 aromatic heterocycles. The Balaban J connectivity index is 1.85. The number of hydrogen-bond acceptors (Lipinski definition) is 6. The third-order valence-corrected chi connectivity index (χ3v) is 7.42. The Labute approximate surface area is 176 Å². The van der Waals surface area contributed by atoms with Crippen LogP contribution in [0.3, 0.4) is 0 Å². The predicted molar refractivity (Wildman–Crippen MR) is 115 cm³/mol. The van der Waals surface area contributed by atoms with E-state index in [1.54, 1.807) is 22.5 Å². The minimum Gasteiger partial charge on any atom is -0.410 e. The van der Waals surface area contributed by atoms with Crippen LogP contribution in [-0.4, -0.2) is 49.1 Å². The van der Waals surface area contributed by atoms with Gasteiger partial charge in [-0.25, -0.2) is 8.42 Å². The summed E-state index contributed by atoms with van der Waals surface area (Å²) in [6.07, 6.45) is 3.83. The fraction of sp³-hybridized carbons (Fsp3) is 0.364. The van der Waals surface area contributed by atoms with Crippen LogP contribution in [0, 0.1) is 0 Å². The van der Waals surface area contributed by atoms with Gasteiger partial charge in [0.25, 0.3) is 0 Å². The van der Waals surface area contributed by atoms with E-state index in [2.05, 4.69) is 10.3 Å². The van der Waals surface area contributed by atoms with Crippen molar-refractivity contribution in [3.05, 3.63) is 64.7 Å². The van der Waals surface area contributed by atoms with Gasteiger partial charge in [0.05, 0.1) is 4.90 Å². The van der Waals surface area contributed by atoms with Crippen molar-refractivity contribution in [2.45, 2.75) is 37.5 Å². The van der Waals surface area contributed by atoms with Gasteiger partial charge in [-0.2, -0.15) is 4.31 Å². The fourth-order valence-corrected chi connectivity index (χ4v) is 5.58. The Hall–Kier alpha value is -2.71. The Morgan fingerprint density at radius 2 is 1.57 bits per heavy atom. The van der Waals surface area contributed by atoms with E-state index in [0.29, 0.717) is 47.8 Å². The average Bonchev–Trinajstić information content (AvgIpc) is 3.06. The molecule has 7 nitrogen and oxygen atoms in total. The standard InChI is InChI=1S/C22H25N3O4S/c1-2-29-24-22-18-10-6-5-9-17(18)21(23-26)20-15-16(11-12-19(20)22)30(27,28)25-13-7-3-4-8-14-25/h5-6,9-12,15,26H,2-4,7-8,13-14H2,1H3/b23-21+,24-22-. The summed E-state index contributed by atoms with van der Waals surface area (Å²) >= 11 is 0. The van der Waals surface area contributed by atoms with E-state index in [1.165, 1.54) is 0 Å². The highest BCUT2D eigenvalue weighted by Crippen LogP contribution is 2.31. The summed E-state index contributed by atoms with van der Waals surface area (Å²) in [5.74, 6) is 0. The molecule has 1 fully saturated rings. The molecule has 1 N–H and O–H groups in total. The molecule has 1 saturated heterocycles. The molecule has 30 heavy (non-hydrogen) atoms. The minimum absolute atomic E-state index is 0.194. The van der Waals surface area contributed by atoms with E-state index >= 15 is 0 Å². The van der Waals surface area contributed by atoms with Gasteiger partial charge < -0.3 is 10.0 Å². The second-order valence-corrected chi connectivity index (χ2v) is 9.32. The molecule has 0 amide bonds. The highest BCUT2D eigenvalue weighted by atomic mass is 32.2. The zero-order valence-electron chi connectivity index (χ0n) is 16.9. The number of hydrogen-bond donors (Lipinski definition) is 1. The van der Waals surface area contributed by atoms with Crippen LogP contribution in [0.15, 0.2) is 57.7 Å². The van der Waals surface area contributed by atoms with E-state index in [9.17, 15) is 13.6 Å². The summed E-state index contributed by atoms with van der Waals surface area (Å²) in [6, 6.07) is 12.3. The number of benzene rings is 2. The zero-order valence-corrected chi connectivity index (χ0v) is 17.7. The summed E-state index contributed by atoms with van der Waals surface area (Å²) in [5, 5.41) is 17.6. The maximum absolute atomic E-state index is 13.3. The third kappa shape index (κ3) is 3.61. The lowest BCUT2D eigenvalue weighted by molar-refractivity contribution is 0.159. The largest absolute Gasteiger partial charge is 0.410 e. The van der Waals surface area contributed by atoms with Crippen molar-refractivity contribution in [2.75, 3.05) is 19.7 Å². The maximum atomic E-state index is 13.3. The number of rotatable bonds is 4. The van der Waals surface area contributed by atoms with Gasteiger partial charge in [-0.05, 0) is 31.9 Å². The van der Waals surface area contributed by atoms with E-state index < -0.39 is 10.0 Å². The summed E-state index contributed by atoms with van der Waals surface area (Å²) in [5.41, 5.74) is 3.55. The molecule has 1 aliphatic heterocycles. The molecule has 1 aliphatic carbocycles. The highest BCUT2D eigenvalue weighted by Gasteiger charge is 2.31. The second kappa shape index (κ2) is 8.57. The van der Waals surface area contributed by atoms with Crippen LogP contribution in [0.4, 0.5) is 0 Å². The quantitative estimate of drug-likeness (QED) is 0.509. The molecule has 0 bridgehead atoms. The highest BCUT2D eigenvalue weighted by molar-refractivity contribution is 7.89. The van der Waals surface area contributed by atoms with Gasteiger partial charge in [-0.1, -0.05) is 53.5 Å². The molecule has 2 aromatic rings. The van der Waals surface area contributed by atoms with Crippen LogP contribution in [0.1, 0.15) is 54.9 Å². The number of sulfonamides is 1. The number of oxime groups is 2. The molecule has 0 atom stereocenters. The molecule has 0 spiro atoms. The molecule has 2 aromatic carbocycles. The molecule has 4 rings (SSSR count). The predicted octanol–water partition coefficient (Wildman–Crippen LogP) is 3.58. The smallest absolute Gasteiger partial charge is 0.243 e. The van der Waals surface area contributed by atoms with Gasteiger partial charge in [-0.15, -0.1) is 0 Å². The first kappa shape index (κ1) is 20.6. The molecular formula is C22H25N3O4S. The first-order chi connectivity index (χ1) is 14.6. The van der Waals surface area contributed by atoms with Crippen molar-refractivity contribution in [2.24, 2.45) is 10.3 Å². The summed E-state index contributed by atoms with van der Waals surface area (Å²) in [4.78, 5) is 5.52. The molecular weight excluding hydrogens is 402 g/mol. The SMILES string of the molecule is CCO/N=C1/c2ccccc2/C(=N\O)c2cc(S(=O)(=O)N3CCCCCC3)ccc21. The third-order valence-electron chi connectivity index (χ3n) is 5.53. The van der Waals surface area contributed by atoms with E-state index in [0.717, 1.165) is 31.2 Å². The number of fused-ring (bicyclic) bond motifs is 2. The van der Waals surface area contributed by atoms with Gasteiger partial charge in [0.2, 0.25) is 10.0 Å². The molecule has 0 radical (unpaired) electrons. The van der Waals surface area contributed by atoms with Crippen molar-refractivity contribution in [3.8, 4) is 0 Å². The molecule has 0 saturated carbocycles. The van der Waals surface area contributed by atoms with Crippen molar-refractivity contribution < 1.29 is 18.5 Å². The molecule has 8 heteroatoms. The Kier molecular flexibility index (Phi) is 5.87. The monoisotopic (exact) mass is 427 g/mol. The normalized spacial score (nSPS) is 19.9. The summed E-state index contributed by atoms with van der Waals surface area (Å²) in [7, 11) is -3.64. The lowest BCUT2D eigenvalue weighted by atomic mass is 9.83. The van der Waals surface area contributed by atoms with Crippen molar-refractivity contribution in [3.63, 3.8) is 0 Å². The minimum atomic E-state index is -3.64. The molecule has 0 unspecified atom stereocenters. The fourth-order valence-electron chi connectivity index (χ4n) is 4.04. The first-order valence-corrected chi connectivity index (χ1v) is 11.7. The van der Waals surface area contributed by atoms with Crippen LogP contribution >= 0.6 is 0 Å². The van der Waals surface area contributed by atoms with Crippen molar-refractivity contribution in [1.82, 2.24) is 4.31 Å². The van der Waals surface area contributed by atoms with E-state index in [-0.39, 0.29) is 4.90 Å². The van der Waals surface area contributed by atoms with Crippen molar-refractivity contribution >= 4 is 21.4 Å². The lowest BCUT2D eigenvalue weighted by Gasteiger charge is -2.24. The number of nitrogens with zero attached hydrogens (tertiary/aromatic N) is 3. The van der Waals surface area contributed by atoms with E-state index in [4.69, 9.17) is 4.84 Å². The van der Waals surface area contributed by atoms with Gasteiger partial charge in [0.1, 0.15) is 18.0 Å². The average molecular weight is 428 g/mol. The van der Waals surface area contributed by atoms with Gasteiger partial charge >= 0.3 is 0 Å². The lowest BCUT2D eigenvalue weighted by Crippen LogP contribution is -2.32. The van der Waals surface area contributed by atoms with E-state index in [1.807, 2.05) is 31.2 Å². The molecule has 2 aliphatic rings. The van der Waals surface area contributed by atoms with Gasteiger partial charge in [0, 0.05) is 35.3 Å². The van der Waals surface area contributed by atoms with Crippen LogP contribution in [-0.2, 0) is 14.9 Å². The first-order valence-electron chi connectivity index (χ1n) is 10.2. The zero-order chi connectivity index (χ0) is 21.1. The van der Waals surface area contributed by atoms with Crippen molar-refractivity contribution in [1.29, 1.82) is 0 Å².